The molecule has 0 spiro atoms. The molecule has 2 aromatic heterocycles. The maximum Gasteiger partial charge on any atom is 0.225 e. The summed E-state index contributed by atoms with van der Waals surface area (Å²) in [5, 5.41) is 6.80. The highest BCUT2D eigenvalue weighted by Gasteiger charge is 2.16. The van der Waals surface area contributed by atoms with E-state index in [0.29, 0.717) is 0 Å². The van der Waals surface area contributed by atoms with E-state index in [1.165, 1.54) is 22.3 Å². The Labute approximate surface area is 161 Å². The molecule has 0 aliphatic rings. The third kappa shape index (κ3) is 3.18. The van der Waals surface area contributed by atoms with Crippen molar-refractivity contribution in [2.24, 2.45) is 0 Å². The van der Waals surface area contributed by atoms with Crippen molar-refractivity contribution in [1.82, 2.24) is 9.97 Å². The number of hydrogen-bond acceptors (Lipinski definition) is 4. The van der Waals surface area contributed by atoms with Crippen LogP contribution in [0.4, 0.5) is 11.5 Å². The Morgan fingerprint density at radius 3 is 2.35 bits per heavy atom. The summed E-state index contributed by atoms with van der Waals surface area (Å²) in [6, 6.07) is 14.7. The minimum absolute atomic E-state index is 0.251. The average molecular weight is 380 g/mol. The highest BCUT2D eigenvalue weighted by atomic mass is 35.5. The van der Waals surface area contributed by atoms with Gasteiger partial charge >= 0.3 is 0 Å². The van der Waals surface area contributed by atoms with Gasteiger partial charge in [-0.05, 0) is 55.6 Å². The standard InChI is InChI=1S/C21H18ClN3S/c1-12-4-7-15(8-5-12)23-19-18-17(11-26-20(18)25-21(22)24-19)16-9-6-13(2)10-14(16)3/h4-11H,1-3H3,(H,23,24,25). The lowest BCUT2D eigenvalue weighted by Crippen LogP contribution is -1.97. The van der Waals surface area contributed by atoms with Crippen molar-refractivity contribution >= 4 is 44.7 Å². The number of halogens is 1. The molecule has 3 nitrogen and oxygen atoms in total. The predicted octanol–water partition coefficient (Wildman–Crippen LogP) is 6.68. The molecule has 5 heteroatoms. The molecule has 0 bridgehead atoms. The summed E-state index contributed by atoms with van der Waals surface area (Å²) in [6.07, 6.45) is 0. The van der Waals surface area contributed by atoms with E-state index >= 15 is 0 Å². The summed E-state index contributed by atoms with van der Waals surface area (Å²) in [4.78, 5) is 9.78. The number of aryl methyl sites for hydroxylation is 3. The lowest BCUT2D eigenvalue weighted by molar-refractivity contribution is 1.23. The molecule has 0 fully saturated rings. The average Bonchev–Trinajstić information content (AvgIpc) is 3.00. The molecule has 130 valence electrons. The number of aromatic nitrogens is 2. The van der Waals surface area contributed by atoms with Gasteiger partial charge in [0.25, 0.3) is 0 Å². The molecular weight excluding hydrogens is 362 g/mol. The second kappa shape index (κ2) is 6.71. The first-order valence-electron chi connectivity index (χ1n) is 8.37. The summed E-state index contributed by atoms with van der Waals surface area (Å²) < 4.78 is 0. The fourth-order valence-corrected chi connectivity index (χ4v) is 4.25. The van der Waals surface area contributed by atoms with Crippen LogP contribution in [0.2, 0.25) is 5.28 Å². The number of fused-ring (bicyclic) bond motifs is 1. The lowest BCUT2D eigenvalue weighted by atomic mass is 9.99. The van der Waals surface area contributed by atoms with Crippen LogP contribution in [0.5, 0.6) is 0 Å². The van der Waals surface area contributed by atoms with Gasteiger partial charge in [0.1, 0.15) is 10.6 Å². The molecule has 0 saturated carbocycles. The summed E-state index contributed by atoms with van der Waals surface area (Å²) in [5.74, 6) is 0.736. The first-order valence-corrected chi connectivity index (χ1v) is 9.63. The van der Waals surface area contributed by atoms with Crippen LogP contribution in [0, 0.1) is 20.8 Å². The van der Waals surface area contributed by atoms with Crippen LogP contribution in [-0.2, 0) is 0 Å². The minimum Gasteiger partial charge on any atom is -0.340 e. The van der Waals surface area contributed by atoms with Gasteiger partial charge in [-0.1, -0.05) is 41.5 Å². The summed E-state index contributed by atoms with van der Waals surface area (Å²) >= 11 is 7.75. The van der Waals surface area contributed by atoms with Crippen LogP contribution in [0.3, 0.4) is 0 Å². The van der Waals surface area contributed by atoms with Gasteiger partial charge in [-0.25, -0.2) is 4.98 Å². The molecule has 1 N–H and O–H groups in total. The second-order valence-corrected chi connectivity index (χ2v) is 7.68. The lowest BCUT2D eigenvalue weighted by Gasteiger charge is -2.11. The fraction of sp³-hybridized carbons (Fsp3) is 0.143. The van der Waals surface area contributed by atoms with E-state index in [0.717, 1.165) is 27.3 Å². The van der Waals surface area contributed by atoms with E-state index in [9.17, 15) is 0 Å². The molecule has 4 aromatic rings. The van der Waals surface area contributed by atoms with Crippen molar-refractivity contribution in [3.05, 3.63) is 69.8 Å². The molecule has 2 aromatic carbocycles. The maximum absolute atomic E-state index is 6.17. The molecule has 0 saturated heterocycles. The minimum atomic E-state index is 0.251. The molecule has 0 unspecified atom stereocenters. The zero-order valence-electron chi connectivity index (χ0n) is 14.8. The second-order valence-electron chi connectivity index (χ2n) is 6.48. The topological polar surface area (TPSA) is 37.8 Å². The zero-order valence-corrected chi connectivity index (χ0v) is 16.4. The smallest absolute Gasteiger partial charge is 0.225 e. The molecule has 4 rings (SSSR count). The van der Waals surface area contributed by atoms with E-state index in [1.807, 2.05) is 12.1 Å². The highest BCUT2D eigenvalue weighted by molar-refractivity contribution is 7.17. The SMILES string of the molecule is Cc1ccc(Nc2nc(Cl)nc3scc(-c4ccc(C)cc4C)c23)cc1. The summed E-state index contributed by atoms with van der Waals surface area (Å²) in [5.41, 5.74) is 7.01. The molecular formula is C21H18ClN3S. The number of benzene rings is 2. The third-order valence-corrected chi connectivity index (χ3v) is 5.43. The Morgan fingerprint density at radius 1 is 0.885 bits per heavy atom. The van der Waals surface area contributed by atoms with E-state index < -0.39 is 0 Å². The van der Waals surface area contributed by atoms with Crippen LogP contribution in [0.25, 0.3) is 21.3 Å². The molecule has 0 amide bonds. The normalized spacial score (nSPS) is 11.1. The Morgan fingerprint density at radius 2 is 1.62 bits per heavy atom. The summed E-state index contributed by atoms with van der Waals surface area (Å²) in [7, 11) is 0. The number of nitrogens with zero attached hydrogens (tertiary/aromatic N) is 2. The van der Waals surface area contributed by atoms with E-state index in [4.69, 9.17) is 11.6 Å². The molecule has 2 heterocycles. The first kappa shape index (κ1) is 17.0. The van der Waals surface area contributed by atoms with Crippen molar-refractivity contribution < 1.29 is 0 Å². The van der Waals surface area contributed by atoms with Gasteiger partial charge in [-0.2, -0.15) is 4.98 Å². The Kier molecular flexibility index (Phi) is 4.39. The maximum atomic E-state index is 6.17. The fourth-order valence-electron chi connectivity index (χ4n) is 3.09. The molecule has 0 aliphatic carbocycles. The van der Waals surface area contributed by atoms with E-state index in [1.54, 1.807) is 11.3 Å². The van der Waals surface area contributed by atoms with Gasteiger partial charge in [-0.15, -0.1) is 11.3 Å². The van der Waals surface area contributed by atoms with Crippen molar-refractivity contribution in [2.45, 2.75) is 20.8 Å². The number of rotatable bonds is 3. The Balaban J connectivity index is 1.89. The van der Waals surface area contributed by atoms with Crippen molar-refractivity contribution in [1.29, 1.82) is 0 Å². The van der Waals surface area contributed by atoms with Crippen molar-refractivity contribution in [2.75, 3.05) is 5.32 Å². The molecule has 0 atom stereocenters. The molecule has 26 heavy (non-hydrogen) atoms. The highest BCUT2D eigenvalue weighted by Crippen LogP contribution is 2.39. The van der Waals surface area contributed by atoms with Crippen LogP contribution < -0.4 is 5.32 Å². The first-order chi connectivity index (χ1) is 12.5. The Hall–Kier alpha value is -2.43. The number of hydrogen-bond donors (Lipinski definition) is 1. The molecule has 0 radical (unpaired) electrons. The van der Waals surface area contributed by atoms with Crippen LogP contribution in [0.1, 0.15) is 16.7 Å². The van der Waals surface area contributed by atoms with Crippen LogP contribution in [0.15, 0.2) is 47.8 Å². The van der Waals surface area contributed by atoms with E-state index in [-0.39, 0.29) is 5.28 Å². The molecule has 0 aliphatic heterocycles. The van der Waals surface area contributed by atoms with Crippen molar-refractivity contribution in [3.8, 4) is 11.1 Å². The number of anilines is 2. The third-order valence-electron chi connectivity index (χ3n) is 4.39. The Bertz CT molecular complexity index is 1100. The van der Waals surface area contributed by atoms with Gasteiger partial charge in [0.2, 0.25) is 5.28 Å². The van der Waals surface area contributed by atoms with Gasteiger partial charge < -0.3 is 5.32 Å². The zero-order chi connectivity index (χ0) is 18.3. The van der Waals surface area contributed by atoms with E-state index in [2.05, 4.69) is 71.8 Å². The summed E-state index contributed by atoms with van der Waals surface area (Å²) in [6.45, 7) is 6.31. The quantitative estimate of drug-likeness (QED) is 0.403. The number of thiophene rings is 1. The van der Waals surface area contributed by atoms with Gasteiger partial charge in [0.15, 0.2) is 0 Å². The van der Waals surface area contributed by atoms with Gasteiger partial charge in [0.05, 0.1) is 5.39 Å². The number of nitrogens with one attached hydrogen (secondary N) is 1. The van der Waals surface area contributed by atoms with Gasteiger partial charge in [-0.3, -0.25) is 0 Å². The largest absolute Gasteiger partial charge is 0.340 e. The van der Waals surface area contributed by atoms with Gasteiger partial charge in [0, 0.05) is 16.6 Å². The van der Waals surface area contributed by atoms with Crippen molar-refractivity contribution in [3.63, 3.8) is 0 Å². The van der Waals surface area contributed by atoms with Crippen LogP contribution >= 0.6 is 22.9 Å². The van der Waals surface area contributed by atoms with Crippen LogP contribution in [-0.4, -0.2) is 9.97 Å². The monoisotopic (exact) mass is 379 g/mol. The predicted molar refractivity (Wildman–Crippen MR) is 112 cm³/mol.